The van der Waals surface area contributed by atoms with Crippen LogP contribution in [-0.4, -0.2) is 40.5 Å². The third-order valence-corrected chi connectivity index (χ3v) is 3.02. The molecule has 1 heterocycles. The molecule has 0 bridgehead atoms. The largest absolute Gasteiger partial charge is 0.481 e. The van der Waals surface area contributed by atoms with Crippen molar-refractivity contribution in [2.75, 3.05) is 6.54 Å². The van der Waals surface area contributed by atoms with E-state index in [1.807, 2.05) is 0 Å². The number of hydrogen-bond donors (Lipinski definition) is 2. The predicted molar refractivity (Wildman–Crippen MR) is 66.4 cm³/mol. The normalized spacial score (nSPS) is 18.2. The molecule has 1 aromatic carbocycles. The number of aliphatic carboxylic acids is 1. The third kappa shape index (κ3) is 3.11. The van der Waals surface area contributed by atoms with E-state index in [2.05, 4.69) is 5.32 Å². The molecule has 0 aromatic heterocycles. The summed E-state index contributed by atoms with van der Waals surface area (Å²) in [5, 5.41) is 11.0. The lowest BCUT2D eigenvalue weighted by Crippen LogP contribution is -2.34. The van der Waals surface area contributed by atoms with E-state index in [9.17, 15) is 18.8 Å². The first-order valence-electron chi connectivity index (χ1n) is 6.05. The molecule has 3 amide bonds. The van der Waals surface area contributed by atoms with Crippen molar-refractivity contribution in [3.05, 3.63) is 35.6 Å². The zero-order valence-corrected chi connectivity index (χ0v) is 10.5. The minimum atomic E-state index is -1.15. The molecule has 1 saturated heterocycles. The van der Waals surface area contributed by atoms with Gasteiger partial charge in [-0.05, 0) is 24.1 Å². The fourth-order valence-electron chi connectivity index (χ4n) is 1.99. The minimum Gasteiger partial charge on any atom is -0.481 e. The number of imide groups is 1. The first-order valence-corrected chi connectivity index (χ1v) is 6.05. The standard InChI is InChI=1S/C13H13FN2O4/c14-9-3-1-8(2-4-9)5-6-16-12(19)10(7-11(17)18)15-13(16)20/h1-4,10H,5-7H2,(H,15,20)(H,17,18)/t10-/m1/s1. The van der Waals surface area contributed by atoms with E-state index in [1.54, 1.807) is 12.1 Å². The van der Waals surface area contributed by atoms with Crippen LogP contribution in [0.1, 0.15) is 12.0 Å². The highest BCUT2D eigenvalue weighted by Crippen LogP contribution is 2.11. The Balaban J connectivity index is 1.95. The highest BCUT2D eigenvalue weighted by Gasteiger charge is 2.38. The second kappa shape index (κ2) is 5.68. The van der Waals surface area contributed by atoms with Gasteiger partial charge in [0, 0.05) is 6.54 Å². The van der Waals surface area contributed by atoms with Gasteiger partial charge in [0.2, 0.25) is 0 Å². The summed E-state index contributed by atoms with van der Waals surface area (Å²) in [6, 6.07) is 4.14. The molecule has 6 nitrogen and oxygen atoms in total. The van der Waals surface area contributed by atoms with Gasteiger partial charge in [-0.3, -0.25) is 14.5 Å². The van der Waals surface area contributed by atoms with Crippen LogP contribution < -0.4 is 5.32 Å². The fraction of sp³-hybridized carbons (Fsp3) is 0.308. The van der Waals surface area contributed by atoms with Crippen molar-refractivity contribution >= 4 is 17.9 Å². The summed E-state index contributed by atoms with van der Waals surface area (Å²) in [5.41, 5.74) is 0.786. The number of carboxylic acid groups (broad SMARTS) is 1. The SMILES string of the molecule is O=C(O)C[C@H]1NC(=O)N(CCc2ccc(F)cc2)C1=O. The summed E-state index contributed by atoms with van der Waals surface area (Å²) in [6.45, 7) is 0.131. The van der Waals surface area contributed by atoms with Gasteiger partial charge in [0.1, 0.15) is 11.9 Å². The first-order chi connectivity index (χ1) is 9.47. The zero-order chi connectivity index (χ0) is 14.7. The molecule has 0 radical (unpaired) electrons. The van der Waals surface area contributed by atoms with Crippen LogP contribution in [0.3, 0.4) is 0 Å². The molecule has 7 heteroatoms. The van der Waals surface area contributed by atoms with Gasteiger partial charge in [0.15, 0.2) is 0 Å². The number of nitrogens with one attached hydrogen (secondary N) is 1. The molecular formula is C13H13FN2O4. The van der Waals surface area contributed by atoms with Gasteiger partial charge in [-0.25, -0.2) is 9.18 Å². The molecule has 1 aliphatic rings. The van der Waals surface area contributed by atoms with Crippen LogP contribution in [0.15, 0.2) is 24.3 Å². The second-order valence-electron chi connectivity index (χ2n) is 4.47. The molecule has 0 aliphatic carbocycles. The third-order valence-electron chi connectivity index (χ3n) is 3.02. The van der Waals surface area contributed by atoms with E-state index in [0.29, 0.717) is 6.42 Å². The topological polar surface area (TPSA) is 86.7 Å². The lowest BCUT2D eigenvalue weighted by Gasteiger charge is -2.12. The van der Waals surface area contributed by atoms with Crippen molar-refractivity contribution in [2.24, 2.45) is 0 Å². The highest BCUT2D eigenvalue weighted by atomic mass is 19.1. The van der Waals surface area contributed by atoms with Crippen molar-refractivity contribution in [3.8, 4) is 0 Å². The molecule has 1 fully saturated rings. The Labute approximate surface area is 114 Å². The van der Waals surface area contributed by atoms with E-state index >= 15 is 0 Å². The van der Waals surface area contributed by atoms with Crippen LogP contribution in [-0.2, 0) is 16.0 Å². The number of halogens is 1. The van der Waals surface area contributed by atoms with Crippen LogP contribution >= 0.6 is 0 Å². The molecule has 2 rings (SSSR count). The van der Waals surface area contributed by atoms with Crippen molar-refractivity contribution in [3.63, 3.8) is 0 Å². The fourth-order valence-corrected chi connectivity index (χ4v) is 1.99. The number of amides is 3. The zero-order valence-electron chi connectivity index (χ0n) is 10.5. The molecule has 0 unspecified atom stereocenters. The Bertz CT molecular complexity index is 544. The molecule has 2 N–H and O–H groups in total. The highest BCUT2D eigenvalue weighted by molar-refractivity contribution is 6.05. The number of benzene rings is 1. The molecule has 1 atom stereocenters. The molecular weight excluding hydrogens is 267 g/mol. The lowest BCUT2D eigenvalue weighted by atomic mass is 10.1. The Hall–Kier alpha value is -2.44. The summed E-state index contributed by atoms with van der Waals surface area (Å²) >= 11 is 0. The number of carboxylic acids is 1. The Morgan fingerprint density at radius 2 is 1.95 bits per heavy atom. The maximum absolute atomic E-state index is 12.7. The van der Waals surface area contributed by atoms with E-state index in [1.165, 1.54) is 12.1 Å². The second-order valence-corrected chi connectivity index (χ2v) is 4.47. The summed E-state index contributed by atoms with van der Waals surface area (Å²) < 4.78 is 12.7. The quantitative estimate of drug-likeness (QED) is 0.780. The van der Waals surface area contributed by atoms with E-state index in [0.717, 1.165) is 10.5 Å². The first kappa shape index (κ1) is 14.0. The number of carbonyl (C=O) groups excluding carboxylic acids is 2. The van der Waals surface area contributed by atoms with Gasteiger partial charge < -0.3 is 10.4 Å². The summed E-state index contributed by atoms with van der Waals surface area (Å²) in [6.07, 6.45) is -0.0448. The summed E-state index contributed by atoms with van der Waals surface area (Å²) in [7, 11) is 0. The number of urea groups is 1. The molecule has 1 aliphatic heterocycles. The number of hydrogen-bond acceptors (Lipinski definition) is 3. The number of nitrogens with zero attached hydrogens (tertiary/aromatic N) is 1. The van der Waals surface area contributed by atoms with Crippen molar-refractivity contribution in [2.45, 2.75) is 18.9 Å². The van der Waals surface area contributed by atoms with Gasteiger partial charge in [-0.1, -0.05) is 12.1 Å². The van der Waals surface area contributed by atoms with Crippen LogP contribution in [0, 0.1) is 5.82 Å². The van der Waals surface area contributed by atoms with E-state index in [-0.39, 0.29) is 12.4 Å². The van der Waals surface area contributed by atoms with Gasteiger partial charge in [-0.15, -0.1) is 0 Å². The van der Waals surface area contributed by atoms with Gasteiger partial charge in [0.25, 0.3) is 5.91 Å². The lowest BCUT2D eigenvalue weighted by molar-refractivity contribution is -0.140. The van der Waals surface area contributed by atoms with Crippen molar-refractivity contribution in [1.29, 1.82) is 0 Å². The molecule has 0 saturated carbocycles. The monoisotopic (exact) mass is 280 g/mol. The minimum absolute atomic E-state index is 0.131. The van der Waals surface area contributed by atoms with Crippen LogP contribution in [0.2, 0.25) is 0 Å². The maximum Gasteiger partial charge on any atom is 0.324 e. The van der Waals surface area contributed by atoms with E-state index < -0.39 is 30.4 Å². The van der Waals surface area contributed by atoms with Crippen molar-refractivity contribution in [1.82, 2.24) is 10.2 Å². The van der Waals surface area contributed by atoms with Crippen molar-refractivity contribution < 1.29 is 23.9 Å². The number of carbonyl (C=O) groups is 3. The summed E-state index contributed by atoms with van der Waals surface area (Å²) in [5.74, 6) is -2.05. The average molecular weight is 280 g/mol. The van der Waals surface area contributed by atoms with Gasteiger partial charge in [0.05, 0.1) is 6.42 Å². The van der Waals surface area contributed by atoms with E-state index in [4.69, 9.17) is 5.11 Å². The van der Waals surface area contributed by atoms with Crippen LogP contribution in [0.25, 0.3) is 0 Å². The smallest absolute Gasteiger partial charge is 0.324 e. The number of rotatable bonds is 5. The van der Waals surface area contributed by atoms with Gasteiger partial charge >= 0.3 is 12.0 Å². The molecule has 20 heavy (non-hydrogen) atoms. The van der Waals surface area contributed by atoms with Crippen LogP contribution in [0.5, 0.6) is 0 Å². The Kier molecular flexibility index (Phi) is 3.97. The maximum atomic E-state index is 12.7. The molecule has 0 spiro atoms. The molecule has 1 aromatic rings. The van der Waals surface area contributed by atoms with Gasteiger partial charge in [-0.2, -0.15) is 0 Å². The molecule has 106 valence electrons. The average Bonchev–Trinajstić information content (AvgIpc) is 2.64. The summed E-state index contributed by atoms with van der Waals surface area (Å²) in [4.78, 5) is 35.0. The Morgan fingerprint density at radius 3 is 2.55 bits per heavy atom. The Morgan fingerprint density at radius 1 is 1.30 bits per heavy atom. The predicted octanol–water partition coefficient (Wildman–Crippen LogP) is 0.763. The van der Waals surface area contributed by atoms with Crippen LogP contribution in [0.4, 0.5) is 9.18 Å².